The van der Waals surface area contributed by atoms with Crippen LogP contribution in [0.3, 0.4) is 0 Å². The van der Waals surface area contributed by atoms with Crippen LogP contribution in [0.25, 0.3) is 6.08 Å². The summed E-state index contributed by atoms with van der Waals surface area (Å²) in [5, 5.41) is 6.13. The van der Waals surface area contributed by atoms with Crippen LogP contribution in [0.4, 0.5) is 17.5 Å². The van der Waals surface area contributed by atoms with Crippen LogP contribution in [-0.2, 0) is 4.74 Å². The first kappa shape index (κ1) is 20.4. The lowest BCUT2D eigenvalue weighted by Crippen LogP contribution is -2.40. The SMILES string of the molecule is C=Cc1c(NC)nc(Nc2ccc(C(=O)N3CCOCC3)cc2OC)nc1OC.[HH].[HH]. The predicted octanol–water partition coefficient (Wildman–Crippen LogP) is 2.89. The maximum atomic E-state index is 12.7. The number of hydrogen-bond donors (Lipinski definition) is 2. The molecule has 1 aromatic carbocycles. The van der Waals surface area contributed by atoms with Gasteiger partial charge in [-0.1, -0.05) is 12.7 Å². The summed E-state index contributed by atoms with van der Waals surface area (Å²) in [4.78, 5) is 23.3. The molecule has 1 aromatic heterocycles. The fourth-order valence-electron chi connectivity index (χ4n) is 3.03. The zero-order valence-corrected chi connectivity index (χ0v) is 16.8. The molecule has 1 aliphatic heterocycles. The molecule has 0 saturated carbocycles. The molecule has 1 aliphatic rings. The van der Waals surface area contributed by atoms with E-state index in [0.29, 0.717) is 66.5 Å². The van der Waals surface area contributed by atoms with E-state index in [0.717, 1.165) is 0 Å². The number of benzene rings is 1. The van der Waals surface area contributed by atoms with Crippen LogP contribution in [0.1, 0.15) is 18.8 Å². The van der Waals surface area contributed by atoms with Crippen LogP contribution in [0.2, 0.25) is 0 Å². The van der Waals surface area contributed by atoms with E-state index in [2.05, 4.69) is 27.2 Å². The van der Waals surface area contributed by atoms with Crippen molar-refractivity contribution in [3.8, 4) is 11.6 Å². The molecule has 9 heteroatoms. The van der Waals surface area contributed by atoms with Crippen LogP contribution in [0, 0.1) is 0 Å². The lowest BCUT2D eigenvalue weighted by Gasteiger charge is -2.27. The van der Waals surface area contributed by atoms with E-state index < -0.39 is 0 Å². The summed E-state index contributed by atoms with van der Waals surface area (Å²) in [5.41, 5.74) is 1.84. The summed E-state index contributed by atoms with van der Waals surface area (Å²) in [7, 11) is 4.83. The number of aromatic nitrogens is 2. The second-order valence-corrected chi connectivity index (χ2v) is 6.22. The number of anilines is 3. The molecule has 2 heterocycles. The Balaban J connectivity index is 0.00000240. The summed E-state index contributed by atoms with van der Waals surface area (Å²) in [5.74, 6) is 1.74. The van der Waals surface area contributed by atoms with Gasteiger partial charge in [0.1, 0.15) is 11.6 Å². The minimum absolute atomic E-state index is 0. The normalized spacial score (nSPS) is 13.6. The third-order valence-corrected chi connectivity index (χ3v) is 4.54. The Hall–Kier alpha value is -3.33. The maximum absolute atomic E-state index is 12.7. The minimum Gasteiger partial charge on any atom is -0.495 e. The van der Waals surface area contributed by atoms with Gasteiger partial charge in [-0.15, -0.1) is 0 Å². The van der Waals surface area contributed by atoms with E-state index in [9.17, 15) is 4.79 Å². The van der Waals surface area contributed by atoms with Crippen molar-refractivity contribution in [2.75, 3.05) is 58.2 Å². The fourth-order valence-corrected chi connectivity index (χ4v) is 3.03. The number of rotatable bonds is 7. The van der Waals surface area contributed by atoms with Crippen molar-refractivity contribution in [2.24, 2.45) is 0 Å². The van der Waals surface area contributed by atoms with Crippen LogP contribution >= 0.6 is 0 Å². The molecule has 1 fully saturated rings. The average molecular weight is 403 g/mol. The smallest absolute Gasteiger partial charge is 0.254 e. The first-order valence-corrected chi connectivity index (χ1v) is 9.19. The van der Waals surface area contributed by atoms with Crippen molar-refractivity contribution < 1.29 is 21.9 Å². The van der Waals surface area contributed by atoms with Crippen molar-refractivity contribution in [1.82, 2.24) is 14.9 Å². The summed E-state index contributed by atoms with van der Waals surface area (Å²) in [6.07, 6.45) is 1.63. The average Bonchev–Trinajstić information content (AvgIpc) is 2.78. The van der Waals surface area contributed by atoms with Gasteiger partial charge < -0.3 is 29.7 Å². The van der Waals surface area contributed by atoms with Crippen molar-refractivity contribution in [2.45, 2.75) is 0 Å². The summed E-state index contributed by atoms with van der Waals surface area (Å²) < 4.78 is 16.1. The molecule has 9 nitrogen and oxygen atoms in total. The van der Waals surface area contributed by atoms with Gasteiger partial charge in [0.25, 0.3) is 5.91 Å². The van der Waals surface area contributed by atoms with Gasteiger partial charge in [0.15, 0.2) is 0 Å². The lowest BCUT2D eigenvalue weighted by molar-refractivity contribution is 0.0302. The van der Waals surface area contributed by atoms with Crippen molar-refractivity contribution in [3.63, 3.8) is 0 Å². The highest BCUT2D eigenvalue weighted by Gasteiger charge is 2.20. The molecular weight excluding hydrogens is 374 g/mol. The van der Waals surface area contributed by atoms with E-state index in [1.807, 2.05) is 0 Å². The van der Waals surface area contributed by atoms with Gasteiger partial charge in [-0.05, 0) is 18.2 Å². The highest BCUT2D eigenvalue weighted by atomic mass is 16.5. The highest BCUT2D eigenvalue weighted by molar-refractivity contribution is 5.95. The topological polar surface area (TPSA) is 97.8 Å². The van der Waals surface area contributed by atoms with Gasteiger partial charge in [-0.25, -0.2) is 0 Å². The van der Waals surface area contributed by atoms with Crippen LogP contribution in [0.5, 0.6) is 11.6 Å². The molecule has 1 amide bonds. The van der Waals surface area contributed by atoms with Gasteiger partial charge >= 0.3 is 0 Å². The molecule has 0 aliphatic carbocycles. The minimum atomic E-state index is -0.0520. The molecule has 29 heavy (non-hydrogen) atoms. The Morgan fingerprint density at radius 1 is 1.28 bits per heavy atom. The Labute approximate surface area is 172 Å². The zero-order valence-electron chi connectivity index (χ0n) is 16.8. The largest absolute Gasteiger partial charge is 0.495 e. The molecule has 1 saturated heterocycles. The van der Waals surface area contributed by atoms with E-state index >= 15 is 0 Å². The number of ether oxygens (including phenoxy) is 3. The van der Waals surface area contributed by atoms with Gasteiger partial charge in [0.05, 0.1) is 38.7 Å². The van der Waals surface area contributed by atoms with Crippen LogP contribution in [0.15, 0.2) is 24.8 Å². The molecule has 158 valence electrons. The Morgan fingerprint density at radius 3 is 2.66 bits per heavy atom. The summed E-state index contributed by atoms with van der Waals surface area (Å²) in [6, 6.07) is 5.22. The summed E-state index contributed by atoms with van der Waals surface area (Å²) >= 11 is 0. The van der Waals surface area contributed by atoms with E-state index in [1.54, 1.807) is 43.3 Å². The first-order chi connectivity index (χ1) is 14.1. The molecule has 0 atom stereocenters. The molecule has 0 unspecified atom stereocenters. The number of hydrogen-bond acceptors (Lipinski definition) is 8. The fraction of sp³-hybridized carbons (Fsp3) is 0.350. The summed E-state index contributed by atoms with van der Waals surface area (Å²) in [6.45, 7) is 6.03. The second kappa shape index (κ2) is 9.24. The van der Waals surface area contributed by atoms with Crippen LogP contribution < -0.4 is 20.1 Å². The maximum Gasteiger partial charge on any atom is 0.254 e. The van der Waals surface area contributed by atoms with Gasteiger partial charge in [0, 0.05) is 28.6 Å². The van der Waals surface area contributed by atoms with Crippen molar-refractivity contribution in [1.29, 1.82) is 0 Å². The molecule has 2 N–H and O–H groups in total. The Bertz CT molecular complexity index is 882. The monoisotopic (exact) mass is 403 g/mol. The molecule has 3 rings (SSSR count). The number of morpholine rings is 1. The van der Waals surface area contributed by atoms with Crippen molar-refractivity contribution in [3.05, 3.63) is 35.9 Å². The number of methoxy groups -OCH3 is 2. The third kappa shape index (κ3) is 4.40. The van der Waals surface area contributed by atoms with E-state index in [4.69, 9.17) is 14.2 Å². The van der Waals surface area contributed by atoms with Gasteiger partial charge in [0.2, 0.25) is 11.8 Å². The van der Waals surface area contributed by atoms with Gasteiger partial charge in [-0.2, -0.15) is 9.97 Å². The van der Waals surface area contributed by atoms with Gasteiger partial charge in [-0.3, -0.25) is 4.79 Å². The molecule has 0 spiro atoms. The lowest BCUT2D eigenvalue weighted by atomic mass is 10.1. The van der Waals surface area contributed by atoms with Crippen LogP contribution in [-0.4, -0.2) is 68.3 Å². The molecule has 0 radical (unpaired) electrons. The first-order valence-electron chi connectivity index (χ1n) is 9.19. The Kier molecular flexibility index (Phi) is 6.50. The zero-order chi connectivity index (χ0) is 20.8. The number of carbonyl (C=O) groups is 1. The quantitative estimate of drug-likeness (QED) is 0.728. The highest BCUT2D eigenvalue weighted by Crippen LogP contribution is 2.31. The second-order valence-electron chi connectivity index (χ2n) is 6.22. The number of nitrogens with zero attached hydrogens (tertiary/aromatic N) is 3. The number of amides is 1. The number of nitrogens with one attached hydrogen (secondary N) is 2. The Morgan fingerprint density at radius 2 is 2.03 bits per heavy atom. The molecule has 0 bridgehead atoms. The third-order valence-electron chi connectivity index (χ3n) is 4.54. The standard InChI is InChI=1S/C20H25N5O4.2H2/c1-5-14-17(21-2)23-20(24-18(14)28-4)22-15-7-6-13(12-16(15)27-3)19(26)25-8-10-29-11-9-25;;/h5-7,12H,1,8-11H2,2-4H3,(H2,21,22,23,24);2*1H. The predicted molar refractivity (Wildman–Crippen MR) is 115 cm³/mol. The molecular formula is C20H29N5O4. The van der Waals surface area contributed by atoms with Crippen molar-refractivity contribution >= 4 is 29.4 Å². The van der Waals surface area contributed by atoms with E-state index in [-0.39, 0.29) is 8.76 Å². The van der Waals surface area contributed by atoms with E-state index in [1.165, 1.54) is 7.11 Å². The number of carbonyl (C=O) groups excluding carboxylic acids is 1. The molecule has 2 aromatic rings.